The van der Waals surface area contributed by atoms with Gasteiger partial charge in [0.1, 0.15) is 0 Å². The first kappa shape index (κ1) is 17.9. The highest BCUT2D eigenvalue weighted by Crippen LogP contribution is 2.25. The van der Waals surface area contributed by atoms with E-state index in [1.165, 1.54) is 57.5 Å². The summed E-state index contributed by atoms with van der Waals surface area (Å²) in [4.78, 5) is 7.43. The van der Waals surface area contributed by atoms with Crippen LogP contribution in [0.1, 0.15) is 46.0 Å². The van der Waals surface area contributed by atoms with E-state index in [1.54, 1.807) is 0 Å². The average molecular weight is 327 g/mol. The maximum Gasteiger partial charge on any atom is 0.191 e. The molecule has 0 saturated carbocycles. The van der Waals surface area contributed by atoms with E-state index < -0.39 is 0 Å². The second kappa shape index (κ2) is 10.4. The Labute approximate surface area is 140 Å². The van der Waals surface area contributed by atoms with E-state index in [0.717, 1.165) is 36.8 Å². The topological polar surface area (TPSA) is 39.7 Å². The molecule has 5 heteroatoms. The zero-order valence-corrected chi connectivity index (χ0v) is 15.3. The van der Waals surface area contributed by atoms with Gasteiger partial charge in [0.05, 0.1) is 0 Å². The highest BCUT2D eigenvalue weighted by Gasteiger charge is 2.19. The van der Waals surface area contributed by atoms with Crippen molar-refractivity contribution >= 4 is 17.7 Å². The van der Waals surface area contributed by atoms with Crippen LogP contribution in [0.4, 0.5) is 0 Å². The van der Waals surface area contributed by atoms with Gasteiger partial charge in [-0.15, -0.1) is 0 Å². The Morgan fingerprint density at radius 2 is 2.00 bits per heavy atom. The third kappa shape index (κ3) is 6.37. The smallest absolute Gasteiger partial charge is 0.191 e. The third-order valence-electron chi connectivity index (χ3n) is 4.62. The molecule has 0 aromatic heterocycles. The van der Waals surface area contributed by atoms with Crippen molar-refractivity contribution in [2.75, 3.05) is 45.0 Å². The molecule has 0 bridgehead atoms. The summed E-state index contributed by atoms with van der Waals surface area (Å²) in [5, 5.41) is 7.71. The highest BCUT2D eigenvalue weighted by molar-refractivity contribution is 8.00. The molecule has 1 unspecified atom stereocenters. The van der Waals surface area contributed by atoms with Crippen LogP contribution in [0, 0.1) is 5.92 Å². The minimum absolute atomic E-state index is 0.768. The van der Waals surface area contributed by atoms with Crippen molar-refractivity contribution < 1.29 is 0 Å². The van der Waals surface area contributed by atoms with Crippen LogP contribution in [0.15, 0.2) is 4.99 Å². The van der Waals surface area contributed by atoms with Crippen LogP contribution in [0.5, 0.6) is 0 Å². The zero-order valence-electron chi connectivity index (χ0n) is 14.4. The molecular weight excluding hydrogens is 292 g/mol. The van der Waals surface area contributed by atoms with Crippen LogP contribution in [-0.2, 0) is 0 Å². The SMILES string of the molecule is CCCN1CCC(CN=C(NCC)NCC2CCCS2)CC1. The summed E-state index contributed by atoms with van der Waals surface area (Å²) in [6.07, 6.45) is 6.62. The van der Waals surface area contributed by atoms with Gasteiger partial charge in [0.2, 0.25) is 0 Å². The molecule has 2 fully saturated rings. The van der Waals surface area contributed by atoms with Gasteiger partial charge in [0, 0.05) is 24.9 Å². The third-order valence-corrected chi connectivity index (χ3v) is 6.02. The van der Waals surface area contributed by atoms with Crippen molar-refractivity contribution in [3.05, 3.63) is 0 Å². The van der Waals surface area contributed by atoms with Crippen LogP contribution in [0.25, 0.3) is 0 Å². The summed E-state index contributed by atoms with van der Waals surface area (Å²) in [6.45, 7) is 11.2. The van der Waals surface area contributed by atoms with E-state index in [-0.39, 0.29) is 0 Å². The van der Waals surface area contributed by atoms with Gasteiger partial charge in [-0.25, -0.2) is 0 Å². The second-order valence-electron chi connectivity index (χ2n) is 6.52. The number of likely N-dealkylation sites (tertiary alicyclic amines) is 1. The standard InChI is InChI=1S/C17H34N4S/c1-3-9-21-10-7-15(8-11-21)13-19-17(18-4-2)20-14-16-6-5-12-22-16/h15-16H,3-14H2,1-2H3,(H2,18,19,20). The minimum atomic E-state index is 0.768. The van der Waals surface area contributed by atoms with Gasteiger partial charge in [-0.05, 0) is 70.3 Å². The largest absolute Gasteiger partial charge is 0.357 e. The summed E-state index contributed by atoms with van der Waals surface area (Å²) in [5.41, 5.74) is 0. The number of hydrogen-bond donors (Lipinski definition) is 2. The maximum absolute atomic E-state index is 4.84. The van der Waals surface area contributed by atoms with Crippen LogP contribution in [0.2, 0.25) is 0 Å². The summed E-state index contributed by atoms with van der Waals surface area (Å²) in [6, 6.07) is 0. The van der Waals surface area contributed by atoms with Gasteiger partial charge in [0.15, 0.2) is 5.96 Å². The number of piperidine rings is 1. The van der Waals surface area contributed by atoms with E-state index in [0.29, 0.717) is 0 Å². The first-order valence-corrected chi connectivity index (χ1v) is 10.2. The Hall–Kier alpha value is -0.420. The summed E-state index contributed by atoms with van der Waals surface area (Å²) in [7, 11) is 0. The predicted molar refractivity (Wildman–Crippen MR) is 98.9 cm³/mol. The summed E-state index contributed by atoms with van der Waals surface area (Å²) in [5.74, 6) is 3.12. The Balaban J connectivity index is 1.70. The molecule has 2 rings (SSSR count). The predicted octanol–water partition coefficient (Wildman–Crippen LogP) is 2.56. The van der Waals surface area contributed by atoms with Crippen molar-refractivity contribution in [2.45, 2.75) is 51.2 Å². The molecule has 0 aromatic carbocycles. The average Bonchev–Trinajstić information content (AvgIpc) is 3.05. The number of hydrogen-bond acceptors (Lipinski definition) is 3. The lowest BCUT2D eigenvalue weighted by atomic mass is 9.97. The van der Waals surface area contributed by atoms with Crippen LogP contribution >= 0.6 is 11.8 Å². The molecule has 2 saturated heterocycles. The van der Waals surface area contributed by atoms with Crippen molar-refractivity contribution in [3.8, 4) is 0 Å². The molecule has 2 heterocycles. The molecule has 2 N–H and O–H groups in total. The lowest BCUT2D eigenvalue weighted by molar-refractivity contribution is 0.188. The number of nitrogens with zero attached hydrogens (tertiary/aromatic N) is 2. The quantitative estimate of drug-likeness (QED) is 0.557. The number of nitrogens with one attached hydrogen (secondary N) is 2. The first-order chi connectivity index (χ1) is 10.8. The van der Waals surface area contributed by atoms with E-state index in [2.05, 4.69) is 41.1 Å². The molecule has 0 spiro atoms. The maximum atomic E-state index is 4.84. The normalized spacial score (nSPS) is 24.6. The molecule has 1 atom stereocenters. The fourth-order valence-corrected chi connectivity index (χ4v) is 4.49. The van der Waals surface area contributed by atoms with Gasteiger partial charge < -0.3 is 15.5 Å². The summed E-state index contributed by atoms with van der Waals surface area (Å²) < 4.78 is 0. The number of thioether (sulfide) groups is 1. The van der Waals surface area contributed by atoms with Crippen LogP contribution < -0.4 is 10.6 Å². The van der Waals surface area contributed by atoms with Crippen LogP contribution in [-0.4, -0.2) is 61.1 Å². The Bertz CT molecular complexity index is 321. The van der Waals surface area contributed by atoms with Crippen LogP contribution in [0.3, 0.4) is 0 Å². The molecule has 0 amide bonds. The van der Waals surface area contributed by atoms with Gasteiger partial charge in [0.25, 0.3) is 0 Å². The molecule has 22 heavy (non-hydrogen) atoms. The Morgan fingerprint density at radius 1 is 1.18 bits per heavy atom. The van der Waals surface area contributed by atoms with E-state index >= 15 is 0 Å². The number of guanidine groups is 1. The fraction of sp³-hybridized carbons (Fsp3) is 0.941. The lowest BCUT2D eigenvalue weighted by Crippen LogP contribution is -2.41. The molecular formula is C17H34N4S. The first-order valence-electron chi connectivity index (χ1n) is 9.18. The van der Waals surface area contributed by atoms with Gasteiger partial charge in [-0.1, -0.05) is 6.92 Å². The van der Waals surface area contributed by atoms with E-state index in [1.807, 2.05) is 0 Å². The molecule has 2 aliphatic rings. The Kier molecular flexibility index (Phi) is 8.45. The van der Waals surface area contributed by atoms with Gasteiger partial charge in [-0.3, -0.25) is 4.99 Å². The van der Waals surface area contributed by atoms with E-state index in [9.17, 15) is 0 Å². The monoisotopic (exact) mass is 326 g/mol. The molecule has 4 nitrogen and oxygen atoms in total. The number of aliphatic imine (C=N–C) groups is 1. The molecule has 2 aliphatic heterocycles. The molecule has 0 radical (unpaired) electrons. The van der Waals surface area contributed by atoms with Gasteiger partial charge in [-0.2, -0.15) is 11.8 Å². The fourth-order valence-electron chi connectivity index (χ4n) is 3.29. The Morgan fingerprint density at radius 3 is 2.64 bits per heavy atom. The highest BCUT2D eigenvalue weighted by atomic mass is 32.2. The molecule has 0 aliphatic carbocycles. The van der Waals surface area contributed by atoms with Crippen molar-refractivity contribution in [3.63, 3.8) is 0 Å². The minimum Gasteiger partial charge on any atom is -0.357 e. The zero-order chi connectivity index (χ0) is 15.6. The lowest BCUT2D eigenvalue weighted by Gasteiger charge is -2.31. The van der Waals surface area contributed by atoms with Gasteiger partial charge >= 0.3 is 0 Å². The molecule has 128 valence electrons. The van der Waals surface area contributed by atoms with E-state index in [4.69, 9.17) is 4.99 Å². The van der Waals surface area contributed by atoms with Crippen molar-refractivity contribution in [1.29, 1.82) is 0 Å². The molecule has 0 aromatic rings. The summed E-state index contributed by atoms with van der Waals surface area (Å²) >= 11 is 2.10. The second-order valence-corrected chi connectivity index (χ2v) is 7.93. The number of rotatable bonds is 7. The van der Waals surface area contributed by atoms with Crippen molar-refractivity contribution in [1.82, 2.24) is 15.5 Å². The van der Waals surface area contributed by atoms with Crippen molar-refractivity contribution in [2.24, 2.45) is 10.9 Å².